The molecule has 36 heavy (non-hydrogen) atoms. The monoisotopic (exact) mass is 481 g/mol. The number of carbonyl (C=O) groups excluding carboxylic acids is 1. The summed E-state index contributed by atoms with van der Waals surface area (Å²) in [6.45, 7) is 9.01. The van der Waals surface area contributed by atoms with Crippen molar-refractivity contribution >= 4 is 29.4 Å². The molecule has 1 aliphatic heterocycles. The van der Waals surface area contributed by atoms with E-state index in [1.807, 2.05) is 42.3 Å². The quantitative estimate of drug-likeness (QED) is 0.296. The molecular formula is C28H31N7O. The Balaban J connectivity index is 1.50. The average molecular weight is 482 g/mol. The van der Waals surface area contributed by atoms with E-state index in [1.165, 1.54) is 11.1 Å². The molecule has 0 atom stereocenters. The van der Waals surface area contributed by atoms with Gasteiger partial charge in [-0.2, -0.15) is 10.1 Å². The first-order valence-electron chi connectivity index (χ1n) is 12.3. The van der Waals surface area contributed by atoms with Crippen LogP contribution in [0.1, 0.15) is 40.9 Å². The minimum absolute atomic E-state index is 0.442. The number of aromatic nitrogens is 4. The second kappa shape index (κ2) is 10.3. The average Bonchev–Trinajstić information content (AvgIpc) is 3.31. The van der Waals surface area contributed by atoms with Crippen LogP contribution in [0.25, 0.3) is 11.1 Å². The van der Waals surface area contributed by atoms with Gasteiger partial charge < -0.3 is 16.0 Å². The van der Waals surface area contributed by atoms with E-state index in [4.69, 9.17) is 4.98 Å². The maximum absolute atomic E-state index is 11.3. The zero-order valence-corrected chi connectivity index (χ0v) is 20.9. The first kappa shape index (κ1) is 23.7. The molecule has 0 unspecified atom stereocenters. The second-order valence-electron chi connectivity index (χ2n) is 9.71. The Morgan fingerprint density at radius 1 is 1.08 bits per heavy atom. The number of hydrogen-bond donors (Lipinski definition) is 3. The molecule has 3 N–H and O–H groups in total. The van der Waals surface area contributed by atoms with Crippen molar-refractivity contribution in [2.75, 3.05) is 17.2 Å². The molecule has 2 aromatic carbocycles. The number of aldehydes is 1. The van der Waals surface area contributed by atoms with Crippen LogP contribution in [0.2, 0.25) is 0 Å². The third-order valence-corrected chi connectivity index (χ3v) is 6.13. The predicted molar refractivity (Wildman–Crippen MR) is 143 cm³/mol. The number of hydrogen-bond acceptors (Lipinski definition) is 7. The van der Waals surface area contributed by atoms with E-state index < -0.39 is 0 Å². The van der Waals surface area contributed by atoms with Gasteiger partial charge >= 0.3 is 0 Å². The van der Waals surface area contributed by atoms with E-state index in [2.05, 4.69) is 58.1 Å². The highest BCUT2D eigenvalue weighted by Gasteiger charge is 2.15. The molecule has 3 heterocycles. The van der Waals surface area contributed by atoms with Crippen LogP contribution < -0.4 is 16.0 Å². The summed E-state index contributed by atoms with van der Waals surface area (Å²) in [6, 6.07) is 12.1. The molecule has 8 heteroatoms. The summed E-state index contributed by atoms with van der Waals surface area (Å²) in [5, 5.41) is 14.7. The van der Waals surface area contributed by atoms with E-state index in [0.717, 1.165) is 60.4 Å². The Bertz CT molecular complexity index is 1390. The van der Waals surface area contributed by atoms with Crippen LogP contribution in [-0.2, 0) is 19.5 Å². The van der Waals surface area contributed by atoms with Gasteiger partial charge in [0.15, 0.2) is 0 Å². The largest absolute Gasteiger partial charge is 0.340 e. The van der Waals surface area contributed by atoms with Crippen molar-refractivity contribution in [1.29, 1.82) is 0 Å². The third-order valence-electron chi connectivity index (χ3n) is 6.13. The number of aryl methyl sites for hydroxylation is 1. The fourth-order valence-corrected chi connectivity index (χ4v) is 4.50. The highest BCUT2D eigenvalue weighted by Crippen LogP contribution is 2.31. The predicted octanol–water partition coefficient (Wildman–Crippen LogP) is 5.25. The van der Waals surface area contributed by atoms with Crippen LogP contribution in [0.3, 0.4) is 0 Å². The van der Waals surface area contributed by atoms with Gasteiger partial charge in [-0.25, -0.2) is 4.98 Å². The molecule has 0 fully saturated rings. The first-order valence-corrected chi connectivity index (χ1v) is 12.3. The van der Waals surface area contributed by atoms with Crippen molar-refractivity contribution in [3.05, 3.63) is 77.2 Å². The van der Waals surface area contributed by atoms with Crippen molar-refractivity contribution in [2.45, 2.75) is 40.3 Å². The smallest absolute Gasteiger partial charge is 0.229 e. The Morgan fingerprint density at radius 3 is 2.81 bits per heavy atom. The third kappa shape index (κ3) is 5.44. The Labute approximate surface area is 211 Å². The van der Waals surface area contributed by atoms with Gasteiger partial charge in [-0.15, -0.1) is 0 Å². The molecule has 0 amide bonds. The maximum atomic E-state index is 11.3. The molecule has 0 aliphatic carbocycles. The zero-order chi connectivity index (χ0) is 25.1. The summed E-state index contributed by atoms with van der Waals surface area (Å²) in [6.07, 6.45) is 7.58. The molecule has 1 aliphatic rings. The Hall–Kier alpha value is -4.04. The molecular weight excluding hydrogens is 450 g/mol. The molecule has 0 radical (unpaired) electrons. The summed E-state index contributed by atoms with van der Waals surface area (Å²) in [5.74, 6) is 1.62. The van der Waals surface area contributed by atoms with Crippen LogP contribution in [0.15, 0.2) is 55.0 Å². The van der Waals surface area contributed by atoms with Crippen LogP contribution in [-0.4, -0.2) is 32.6 Å². The Kier molecular flexibility index (Phi) is 6.77. The molecule has 0 bridgehead atoms. The molecule has 4 aromatic rings. The van der Waals surface area contributed by atoms with Gasteiger partial charge in [0.1, 0.15) is 12.1 Å². The van der Waals surface area contributed by atoms with Crippen molar-refractivity contribution in [2.24, 2.45) is 5.92 Å². The van der Waals surface area contributed by atoms with E-state index in [-0.39, 0.29) is 0 Å². The van der Waals surface area contributed by atoms with Crippen molar-refractivity contribution in [3.8, 4) is 11.1 Å². The van der Waals surface area contributed by atoms with Gasteiger partial charge in [0.25, 0.3) is 0 Å². The molecule has 0 spiro atoms. The summed E-state index contributed by atoms with van der Waals surface area (Å²) in [4.78, 5) is 20.7. The fraction of sp³-hybridized carbons (Fsp3) is 0.286. The lowest BCUT2D eigenvalue weighted by molar-refractivity contribution is 0.112. The summed E-state index contributed by atoms with van der Waals surface area (Å²) in [5.41, 5.74) is 7.81. The van der Waals surface area contributed by atoms with Crippen LogP contribution >= 0.6 is 0 Å². The molecule has 2 aromatic heterocycles. The highest BCUT2D eigenvalue weighted by atomic mass is 16.1. The lowest BCUT2D eigenvalue weighted by Gasteiger charge is -2.19. The second-order valence-corrected chi connectivity index (χ2v) is 9.71. The molecule has 0 saturated heterocycles. The topological polar surface area (TPSA) is 96.8 Å². The number of fused-ring (bicyclic) bond motifs is 1. The summed E-state index contributed by atoms with van der Waals surface area (Å²) in [7, 11) is 0. The summed E-state index contributed by atoms with van der Waals surface area (Å²) >= 11 is 0. The lowest BCUT2D eigenvalue weighted by atomic mass is 10.0. The van der Waals surface area contributed by atoms with E-state index in [0.29, 0.717) is 23.2 Å². The lowest BCUT2D eigenvalue weighted by Crippen LogP contribution is -2.23. The van der Waals surface area contributed by atoms with Crippen LogP contribution in [0, 0.1) is 12.8 Å². The normalized spacial score (nSPS) is 12.9. The van der Waals surface area contributed by atoms with Gasteiger partial charge in [0, 0.05) is 53.5 Å². The van der Waals surface area contributed by atoms with Gasteiger partial charge in [-0.3, -0.25) is 9.48 Å². The van der Waals surface area contributed by atoms with Gasteiger partial charge in [-0.1, -0.05) is 19.9 Å². The van der Waals surface area contributed by atoms with Crippen molar-refractivity contribution in [1.82, 2.24) is 25.1 Å². The minimum Gasteiger partial charge on any atom is -0.340 e. The first-order chi connectivity index (χ1) is 17.5. The van der Waals surface area contributed by atoms with Crippen molar-refractivity contribution in [3.63, 3.8) is 0 Å². The fourth-order valence-electron chi connectivity index (χ4n) is 4.50. The molecule has 5 rings (SSSR count). The standard InChI is InChI=1S/C28H31N7O/c1-18(2)15-35-16-23(13-31-35)26-14-30-28(33-25-9-19(3)8-20(10-25)17-36)34-27(26)32-24-5-4-21-6-7-29-12-22(21)11-24/h4-5,8-11,13-14,16-18,29H,6-7,12,15H2,1-3H3,(H2,30,32,33,34). The van der Waals surface area contributed by atoms with Gasteiger partial charge in [0.05, 0.1) is 6.20 Å². The highest BCUT2D eigenvalue weighted by molar-refractivity contribution is 5.80. The SMILES string of the molecule is Cc1cc(C=O)cc(Nc2ncc(-c3cnn(CC(C)C)c3)c(Nc3ccc4c(c3)CNCC4)n2)c1. The number of nitrogens with one attached hydrogen (secondary N) is 3. The number of benzene rings is 2. The number of nitrogens with zero attached hydrogens (tertiary/aromatic N) is 4. The van der Waals surface area contributed by atoms with E-state index >= 15 is 0 Å². The van der Waals surface area contributed by atoms with Gasteiger partial charge in [0.2, 0.25) is 5.95 Å². The molecule has 0 saturated carbocycles. The van der Waals surface area contributed by atoms with E-state index in [9.17, 15) is 4.79 Å². The van der Waals surface area contributed by atoms with Crippen LogP contribution in [0.5, 0.6) is 0 Å². The van der Waals surface area contributed by atoms with Gasteiger partial charge in [-0.05, 0) is 72.8 Å². The Morgan fingerprint density at radius 2 is 1.97 bits per heavy atom. The summed E-state index contributed by atoms with van der Waals surface area (Å²) < 4.78 is 1.95. The number of carbonyl (C=O) groups is 1. The molecule has 184 valence electrons. The maximum Gasteiger partial charge on any atom is 0.229 e. The van der Waals surface area contributed by atoms with Crippen LogP contribution in [0.4, 0.5) is 23.1 Å². The molecule has 8 nitrogen and oxygen atoms in total. The zero-order valence-electron chi connectivity index (χ0n) is 20.9. The van der Waals surface area contributed by atoms with E-state index in [1.54, 1.807) is 6.07 Å². The minimum atomic E-state index is 0.442. The number of anilines is 4. The van der Waals surface area contributed by atoms with Crippen molar-refractivity contribution < 1.29 is 4.79 Å². The number of rotatable bonds is 8.